The maximum atomic E-state index is 5.84. The molecule has 0 unspecified atom stereocenters. The zero-order valence-electron chi connectivity index (χ0n) is 9.14. The number of thiophene rings is 1. The number of anilines is 1. The number of nitrogens with two attached hydrogens (primary N) is 1. The van der Waals surface area contributed by atoms with Gasteiger partial charge in [-0.15, -0.1) is 11.3 Å². The van der Waals surface area contributed by atoms with Gasteiger partial charge in [-0.2, -0.15) is 0 Å². The number of aromatic nitrogens is 1. The Hall–Kier alpha value is -2.01. The molecule has 0 saturated carbocycles. The van der Waals surface area contributed by atoms with E-state index in [4.69, 9.17) is 14.9 Å². The summed E-state index contributed by atoms with van der Waals surface area (Å²) in [6, 6.07) is 7.42. The molecular weight excluding hydrogens is 236 g/mol. The predicted molar refractivity (Wildman–Crippen MR) is 68.3 cm³/mol. The lowest BCUT2D eigenvalue weighted by Gasteiger charge is -1.95. The molecule has 0 amide bonds. The van der Waals surface area contributed by atoms with Gasteiger partial charge >= 0.3 is 0 Å². The quantitative estimate of drug-likeness (QED) is 0.754. The van der Waals surface area contributed by atoms with Crippen molar-refractivity contribution in [2.45, 2.75) is 0 Å². The molecule has 0 bridgehead atoms. The first-order valence-electron chi connectivity index (χ1n) is 5.06. The molecule has 2 aromatic heterocycles. The van der Waals surface area contributed by atoms with E-state index in [0.717, 1.165) is 22.4 Å². The molecule has 1 aromatic carbocycles. The standard InChI is InChI=1S/C12H10N2O2S/c1-15-7-2-3-10-9(6-7)14-12(16-10)8-4-5-17-11(8)13/h2-6H,13H2,1H3. The Labute approximate surface area is 102 Å². The number of nitrogens with zero attached hydrogens (tertiary/aromatic N) is 1. The molecule has 0 aliphatic rings. The molecule has 17 heavy (non-hydrogen) atoms. The summed E-state index contributed by atoms with van der Waals surface area (Å²) in [5, 5.41) is 2.63. The maximum Gasteiger partial charge on any atom is 0.230 e. The van der Waals surface area contributed by atoms with E-state index in [0.29, 0.717) is 10.9 Å². The van der Waals surface area contributed by atoms with Crippen LogP contribution in [-0.4, -0.2) is 12.1 Å². The third kappa shape index (κ3) is 1.64. The van der Waals surface area contributed by atoms with Crippen LogP contribution in [0.2, 0.25) is 0 Å². The van der Waals surface area contributed by atoms with E-state index in [9.17, 15) is 0 Å². The van der Waals surface area contributed by atoms with Crippen molar-refractivity contribution in [3.05, 3.63) is 29.6 Å². The monoisotopic (exact) mass is 246 g/mol. The Balaban J connectivity index is 2.17. The van der Waals surface area contributed by atoms with Crippen LogP contribution in [0.3, 0.4) is 0 Å². The van der Waals surface area contributed by atoms with Gasteiger partial charge in [0, 0.05) is 6.07 Å². The Morgan fingerprint density at radius 3 is 2.94 bits per heavy atom. The molecular formula is C12H10N2O2S. The topological polar surface area (TPSA) is 61.3 Å². The highest BCUT2D eigenvalue weighted by atomic mass is 32.1. The van der Waals surface area contributed by atoms with Crippen molar-refractivity contribution in [1.82, 2.24) is 4.98 Å². The lowest BCUT2D eigenvalue weighted by molar-refractivity contribution is 0.415. The van der Waals surface area contributed by atoms with Crippen LogP contribution < -0.4 is 10.5 Å². The van der Waals surface area contributed by atoms with Gasteiger partial charge in [-0.25, -0.2) is 4.98 Å². The molecule has 2 heterocycles. The smallest absolute Gasteiger partial charge is 0.230 e. The van der Waals surface area contributed by atoms with E-state index < -0.39 is 0 Å². The van der Waals surface area contributed by atoms with Crippen molar-refractivity contribution in [3.63, 3.8) is 0 Å². The second-order valence-corrected chi connectivity index (χ2v) is 4.50. The highest BCUT2D eigenvalue weighted by Crippen LogP contribution is 2.32. The van der Waals surface area contributed by atoms with Crippen molar-refractivity contribution in [1.29, 1.82) is 0 Å². The summed E-state index contributed by atoms with van der Waals surface area (Å²) in [6.45, 7) is 0. The Morgan fingerprint density at radius 1 is 1.35 bits per heavy atom. The zero-order chi connectivity index (χ0) is 11.8. The van der Waals surface area contributed by atoms with E-state index in [1.807, 2.05) is 29.6 Å². The number of hydrogen-bond donors (Lipinski definition) is 1. The van der Waals surface area contributed by atoms with Crippen molar-refractivity contribution < 1.29 is 9.15 Å². The average Bonchev–Trinajstić information content (AvgIpc) is 2.93. The Kier molecular flexibility index (Phi) is 2.26. The molecule has 86 valence electrons. The lowest BCUT2D eigenvalue weighted by Crippen LogP contribution is -1.83. The van der Waals surface area contributed by atoms with Gasteiger partial charge in [0.1, 0.15) is 11.3 Å². The molecule has 0 atom stereocenters. The first kappa shape index (κ1) is 10.2. The van der Waals surface area contributed by atoms with Gasteiger partial charge in [-0.1, -0.05) is 0 Å². The summed E-state index contributed by atoms with van der Waals surface area (Å²) in [7, 11) is 1.62. The van der Waals surface area contributed by atoms with E-state index in [1.165, 1.54) is 11.3 Å². The number of hydrogen-bond acceptors (Lipinski definition) is 5. The van der Waals surface area contributed by atoms with Crippen molar-refractivity contribution in [2.75, 3.05) is 12.8 Å². The summed E-state index contributed by atoms with van der Waals surface area (Å²) in [5.41, 5.74) is 8.18. The van der Waals surface area contributed by atoms with Crippen molar-refractivity contribution in [3.8, 4) is 17.2 Å². The predicted octanol–water partition coefficient (Wildman–Crippen LogP) is 3.15. The molecule has 0 aliphatic carbocycles. The van der Waals surface area contributed by atoms with Gasteiger partial charge in [0.15, 0.2) is 5.58 Å². The van der Waals surface area contributed by atoms with Crippen LogP contribution in [-0.2, 0) is 0 Å². The molecule has 2 N–H and O–H groups in total. The van der Waals surface area contributed by atoms with Crippen LogP contribution in [0.15, 0.2) is 34.1 Å². The molecule has 0 aliphatic heterocycles. The lowest BCUT2D eigenvalue weighted by atomic mass is 10.3. The van der Waals surface area contributed by atoms with Crippen LogP contribution in [0.5, 0.6) is 5.75 Å². The third-order valence-corrected chi connectivity index (χ3v) is 3.27. The van der Waals surface area contributed by atoms with Crippen molar-refractivity contribution >= 4 is 27.4 Å². The molecule has 0 radical (unpaired) electrons. The average molecular weight is 246 g/mol. The summed E-state index contributed by atoms with van der Waals surface area (Å²) in [5.74, 6) is 1.31. The minimum Gasteiger partial charge on any atom is -0.497 e. The van der Waals surface area contributed by atoms with Gasteiger partial charge in [-0.05, 0) is 23.6 Å². The Morgan fingerprint density at radius 2 is 2.24 bits per heavy atom. The van der Waals surface area contributed by atoms with E-state index in [-0.39, 0.29) is 0 Å². The molecule has 3 rings (SSSR count). The van der Waals surface area contributed by atoms with Gasteiger partial charge < -0.3 is 14.9 Å². The fourth-order valence-corrected chi connectivity index (χ4v) is 2.28. The number of fused-ring (bicyclic) bond motifs is 1. The van der Waals surface area contributed by atoms with Gasteiger partial charge in [0.25, 0.3) is 0 Å². The summed E-state index contributed by atoms with van der Waals surface area (Å²) >= 11 is 1.47. The van der Waals surface area contributed by atoms with Crippen LogP contribution in [0, 0.1) is 0 Å². The second kappa shape index (κ2) is 3.78. The molecule has 0 spiro atoms. The fraction of sp³-hybridized carbons (Fsp3) is 0.0833. The third-order valence-electron chi connectivity index (χ3n) is 2.52. The highest BCUT2D eigenvalue weighted by molar-refractivity contribution is 7.14. The van der Waals surface area contributed by atoms with Gasteiger partial charge in [-0.3, -0.25) is 0 Å². The SMILES string of the molecule is COc1ccc2oc(-c3ccsc3N)nc2c1. The normalized spacial score (nSPS) is 10.9. The Bertz CT molecular complexity index is 672. The fourth-order valence-electron chi connectivity index (χ4n) is 1.65. The van der Waals surface area contributed by atoms with E-state index in [2.05, 4.69) is 4.98 Å². The van der Waals surface area contributed by atoms with Gasteiger partial charge in [0.2, 0.25) is 5.89 Å². The minimum absolute atomic E-state index is 0.548. The number of nitrogen functional groups attached to an aromatic ring is 1. The molecule has 0 fully saturated rings. The zero-order valence-corrected chi connectivity index (χ0v) is 9.95. The summed E-state index contributed by atoms with van der Waals surface area (Å²) < 4.78 is 10.8. The maximum absolute atomic E-state index is 5.84. The van der Waals surface area contributed by atoms with Gasteiger partial charge in [0.05, 0.1) is 17.7 Å². The first-order chi connectivity index (χ1) is 8.28. The number of rotatable bonds is 2. The number of benzene rings is 1. The number of ether oxygens (including phenoxy) is 1. The van der Waals surface area contributed by atoms with Crippen LogP contribution in [0.4, 0.5) is 5.00 Å². The molecule has 5 heteroatoms. The second-order valence-electron chi connectivity index (χ2n) is 3.55. The molecule has 3 aromatic rings. The first-order valence-corrected chi connectivity index (χ1v) is 5.94. The van der Waals surface area contributed by atoms with Crippen LogP contribution >= 0.6 is 11.3 Å². The molecule has 0 saturated heterocycles. The minimum atomic E-state index is 0.548. The molecule has 4 nitrogen and oxygen atoms in total. The van der Waals surface area contributed by atoms with Crippen molar-refractivity contribution in [2.24, 2.45) is 0 Å². The van der Waals surface area contributed by atoms with Crippen LogP contribution in [0.1, 0.15) is 0 Å². The highest BCUT2D eigenvalue weighted by Gasteiger charge is 2.12. The number of methoxy groups -OCH3 is 1. The van der Waals surface area contributed by atoms with E-state index in [1.54, 1.807) is 7.11 Å². The van der Waals surface area contributed by atoms with E-state index >= 15 is 0 Å². The van der Waals surface area contributed by atoms with Crippen LogP contribution in [0.25, 0.3) is 22.6 Å². The largest absolute Gasteiger partial charge is 0.497 e. The summed E-state index contributed by atoms with van der Waals surface area (Å²) in [4.78, 5) is 4.40. The number of oxazole rings is 1. The summed E-state index contributed by atoms with van der Waals surface area (Å²) in [6.07, 6.45) is 0.